The fraction of sp³-hybridized carbons (Fsp3) is 0.476. The van der Waals surface area contributed by atoms with Crippen molar-refractivity contribution in [3.63, 3.8) is 0 Å². The molecule has 0 bridgehead atoms. The fourth-order valence-electron chi connectivity index (χ4n) is 4.14. The number of esters is 1. The minimum absolute atomic E-state index is 0.0190. The van der Waals surface area contributed by atoms with Gasteiger partial charge in [0, 0.05) is 16.0 Å². The molecule has 1 N–H and O–H groups in total. The van der Waals surface area contributed by atoms with E-state index in [0.717, 1.165) is 41.3 Å². The van der Waals surface area contributed by atoms with Crippen LogP contribution < -0.4 is 0 Å². The topological polar surface area (TPSA) is 59.1 Å². The van der Waals surface area contributed by atoms with Crippen molar-refractivity contribution in [2.45, 2.75) is 50.4 Å². The maximum Gasteiger partial charge on any atom is 0.334 e. The number of ether oxygens (including phenoxy) is 2. The largest absolute Gasteiger partial charge is 0.455 e. The maximum atomic E-state index is 12.6. The monoisotopic (exact) mass is 418 g/mol. The van der Waals surface area contributed by atoms with Crippen LogP contribution in [0.1, 0.15) is 38.2 Å². The number of aliphatic hydroxyl groups excluding tert-OH is 1. The predicted octanol–water partition coefficient (Wildman–Crippen LogP) is 4.02. The Morgan fingerprint density at radius 3 is 2.96 bits per heavy atom. The molecule has 0 amide bonds. The Labute approximate surface area is 162 Å². The van der Waals surface area contributed by atoms with Crippen molar-refractivity contribution < 1.29 is 19.4 Å². The number of fused-ring (bicyclic) bond motifs is 3. The number of halogens is 1. The van der Waals surface area contributed by atoms with Gasteiger partial charge in [-0.1, -0.05) is 40.2 Å². The molecule has 0 saturated carbocycles. The zero-order valence-corrected chi connectivity index (χ0v) is 16.4. The van der Waals surface area contributed by atoms with Crippen LogP contribution in [-0.4, -0.2) is 35.5 Å². The van der Waals surface area contributed by atoms with E-state index in [9.17, 15) is 9.90 Å². The highest BCUT2D eigenvalue weighted by molar-refractivity contribution is 9.10. The summed E-state index contributed by atoms with van der Waals surface area (Å²) < 4.78 is 12.7. The van der Waals surface area contributed by atoms with Gasteiger partial charge in [-0.15, -0.1) is 0 Å². The lowest BCUT2D eigenvalue weighted by Crippen LogP contribution is -2.29. The molecule has 26 heavy (non-hydrogen) atoms. The quantitative estimate of drug-likeness (QED) is 0.341. The molecule has 4 nitrogen and oxygen atoms in total. The zero-order valence-electron chi connectivity index (χ0n) is 14.8. The molecule has 0 radical (unpaired) electrons. The van der Waals surface area contributed by atoms with Crippen LogP contribution in [-0.2, 0) is 14.3 Å². The van der Waals surface area contributed by atoms with Gasteiger partial charge in [0.1, 0.15) is 12.2 Å². The number of rotatable bonds is 2. The lowest BCUT2D eigenvalue weighted by molar-refractivity contribution is -0.139. The third-order valence-corrected chi connectivity index (χ3v) is 6.51. The van der Waals surface area contributed by atoms with Crippen molar-refractivity contribution in [3.8, 4) is 0 Å². The van der Waals surface area contributed by atoms with Crippen LogP contribution in [0.4, 0.5) is 0 Å². The summed E-state index contributed by atoms with van der Waals surface area (Å²) in [4.78, 5) is 12.6. The van der Waals surface area contributed by atoms with Crippen molar-refractivity contribution in [1.82, 2.24) is 0 Å². The average molecular weight is 419 g/mol. The first kappa shape index (κ1) is 18.0. The van der Waals surface area contributed by atoms with Gasteiger partial charge in [0.25, 0.3) is 0 Å². The number of hydrogen-bond donors (Lipinski definition) is 1. The van der Waals surface area contributed by atoms with Crippen molar-refractivity contribution in [2.24, 2.45) is 5.92 Å². The summed E-state index contributed by atoms with van der Waals surface area (Å²) in [6.07, 6.45) is 7.09. The second-order valence-corrected chi connectivity index (χ2v) is 8.40. The molecule has 0 aromatic heterocycles. The highest BCUT2D eigenvalue weighted by Crippen LogP contribution is 2.50. The molecule has 4 rings (SSSR count). The first-order valence-electron chi connectivity index (χ1n) is 9.15. The number of aliphatic hydroxyl groups is 1. The maximum absolute atomic E-state index is 12.6. The SMILES string of the molecule is C[C@@]12CC/C=C(/CO)CC[C@@H]3/C(=C\c4ccccc4Br)C(=O)O[C@@H]3[C@@H]1O2. The lowest BCUT2D eigenvalue weighted by Gasteiger charge is -2.19. The molecule has 1 aromatic carbocycles. The normalized spacial score (nSPS) is 37.3. The molecule has 2 saturated heterocycles. The van der Waals surface area contributed by atoms with Gasteiger partial charge < -0.3 is 14.6 Å². The fourth-order valence-corrected chi connectivity index (χ4v) is 4.54. The van der Waals surface area contributed by atoms with Crippen molar-refractivity contribution in [2.75, 3.05) is 6.61 Å². The molecule has 2 fully saturated rings. The summed E-state index contributed by atoms with van der Waals surface area (Å²) in [6, 6.07) is 7.85. The van der Waals surface area contributed by atoms with E-state index in [1.54, 1.807) is 0 Å². The summed E-state index contributed by atoms with van der Waals surface area (Å²) >= 11 is 3.55. The number of carbonyl (C=O) groups is 1. The minimum atomic E-state index is -0.248. The van der Waals surface area contributed by atoms with E-state index in [1.165, 1.54) is 0 Å². The van der Waals surface area contributed by atoms with Gasteiger partial charge in [0.15, 0.2) is 0 Å². The Hall–Kier alpha value is -1.43. The average Bonchev–Trinajstić information content (AvgIpc) is 3.20. The Balaban J connectivity index is 1.69. The lowest BCUT2D eigenvalue weighted by atomic mass is 9.83. The number of benzene rings is 1. The van der Waals surface area contributed by atoms with E-state index >= 15 is 0 Å². The van der Waals surface area contributed by atoms with Gasteiger partial charge in [-0.05, 0) is 55.9 Å². The van der Waals surface area contributed by atoms with E-state index in [2.05, 4.69) is 28.9 Å². The summed E-state index contributed by atoms with van der Waals surface area (Å²) in [5.74, 6) is -0.267. The molecular formula is C21H23BrO4. The molecule has 0 spiro atoms. The molecule has 1 aliphatic carbocycles. The molecule has 4 atom stereocenters. The van der Waals surface area contributed by atoms with Gasteiger partial charge in [-0.2, -0.15) is 0 Å². The molecule has 5 heteroatoms. The summed E-state index contributed by atoms with van der Waals surface area (Å²) in [5, 5.41) is 9.62. The molecule has 3 aliphatic rings. The summed E-state index contributed by atoms with van der Waals surface area (Å²) in [6.45, 7) is 2.16. The molecule has 138 valence electrons. The van der Waals surface area contributed by atoms with Crippen LogP contribution in [0.5, 0.6) is 0 Å². The van der Waals surface area contributed by atoms with Crippen LogP contribution in [0.25, 0.3) is 6.08 Å². The smallest absolute Gasteiger partial charge is 0.334 e. The van der Waals surface area contributed by atoms with Gasteiger partial charge in [-0.25, -0.2) is 4.79 Å². The Morgan fingerprint density at radius 1 is 1.38 bits per heavy atom. The Morgan fingerprint density at radius 2 is 2.19 bits per heavy atom. The molecule has 2 aliphatic heterocycles. The second-order valence-electron chi connectivity index (χ2n) is 7.55. The second kappa shape index (κ2) is 6.95. The van der Waals surface area contributed by atoms with Crippen LogP contribution in [0.15, 0.2) is 46.0 Å². The third kappa shape index (κ3) is 3.28. The van der Waals surface area contributed by atoms with E-state index in [4.69, 9.17) is 9.47 Å². The molecule has 2 heterocycles. The number of allylic oxidation sites excluding steroid dienone is 1. The third-order valence-electron chi connectivity index (χ3n) is 5.78. The number of carbonyl (C=O) groups excluding carboxylic acids is 1. The highest BCUT2D eigenvalue weighted by Gasteiger charge is 2.61. The first-order chi connectivity index (χ1) is 12.5. The molecule has 1 aromatic rings. The number of hydrogen-bond acceptors (Lipinski definition) is 4. The van der Waals surface area contributed by atoms with E-state index in [0.29, 0.717) is 5.57 Å². The standard InChI is InChI=1S/C21H23BrO4/c1-21-10-4-5-13(12-23)8-9-15-16(11-14-6-2-3-7-17(14)22)20(24)25-18(15)19(21)26-21/h2-3,5-7,11,15,18-19,23H,4,8-10,12H2,1H3/b13-5+,16-11+/t15-,18+,19+,21-/m1/s1. The minimum Gasteiger partial charge on any atom is -0.455 e. The van der Waals surface area contributed by atoms with E-state index in [-0.39, 0.29) is 36.3 Å². The zero-order chi connectivity index (χ0) is 18.3. The van der Waals surface area contributed by atoms with Crippen LogP contribution >= 0.6 is 15.9 Å². The van der Waals surface area contributed by atoms with Crippen LogP contribution in [0.2, 0.25) is 0 Å². The highest BCUT2D eigenvalue weighted by atomic mass is 79.9. The van der Waals surface area contributed by atoms with Gasteiger partial charge in [-0.3, -0.25) is 0 Å². The van der Waals surface area contributed by atoms with Crippen molar-refractivity contribution in [3.05, 3.63) is 51.5 Å². The first-order valence-corrected chi connectivity index (χ1v) is 9.95. The van der Waals surface area contributed by atoms with Crippen LogP contribution in [0.3, 0.4) is 0 Å². The van der Waals surface area contributed by atoms with E-state index in [1.807, 2.05) is 30.3 Å². The molecule has 0 unspecified atom stereocenters. The molecular weight excluding hydrogens is 396 g/mol. The van der Waals surface area contributed by atoms with Crippen LogP contribution in [0, 0.1) is 5.92 Å². The van der Waals surface area contributed by atoms with Gasteiger partial charge >= 0.3 is 5.97 Å². The van der Waals surface area contributed by atoms with Gasteiger partial charge in [0.2, 0.25) is 0 Å². The predicted molar refractivity (Wildman–Crippen MR) is 102 cm³/mol. The van der Waals surface area contributed by atoms with Crippen molar-refractivity contribution in [1.29, 1.82) is 0 Å². The summed E-state index contributed by atoms with van der Waals surface area (Å²) in [5.41, 5.74) is 2.47. The van der Waals surface area contributed by atoms with Gasteiger partial charge in [0.05, 0.1) is 12.2 Å². The Bertz CT molecular complexity index is 784. The van der Waals surface area contributed by atoms with E-state index < -0.39 is 0 Å². The number of epoxide rings is 1. The van der Waals surface area contributed by atoms with Crippen molar-refractivity contribution >= 4 is 28.0 Å². The Kier molecular flexibility index (Phi) is 4.80. The summed E-state index contributed by atoms with van der Waals surface area (Å²) in [7, 11) is 0.